The first kappa shape index (κ1) is 7.77. The Kier molecular flexibility index (Phi) is 1.61. The predicted molar refractivity (Wildman–Crippen MR) is 41.7 cm³/mol. The van der Waals surface area contributed by atoms with Gasteiger partial charge in [0.15, 0.2) is 0 Å². The van der Waals surface area contributed by atoms with E-state index in [1.54, 1.807) is 6.92 Å². The van der Waals surface area contributed by atoms with Crippen LogP contribution in [0.25, 0.3) is 0 Å². The second-order valence-corrected chi connectivity index (χ2v) is 3.86. The Morgan fingerprint density at radius 3 is 2.00 bits per heavy atom. The van der Waals surface area contributed by atoms with Crippen molar-refractivity contribution in [2.75, 3.05) is 0 Å². The molecule has 2 atom stereocenters. The number of carbonyl (C=O) groups is 1. The van der Waals surface area contributed by atoms with Crippen molar-refractivity contribution in [1.82, 2.24) is 0 Å². The summed E-state index contributed by atoms with van der Waals surface area (Å²) in [5.41, 5.74) is 0.0694. The Morgan fingerprint density at radius 2 is 2.00 bits per heavy atom. The average Bonchev–Trinajstić information content (AvgIpc) is 2.42. The number of hydrogen-bond acceptors (Lipinski definition) is 1. The minimum Gasteiger partial charge on any atom is -0.299 e. The lowest BCUT2D eigenvalue weighted by atomic mass is 9.86. The number of rotatable bonds is 2. The van der Waals surface area contributed by atoms with Crippen LogP contribution >= 0.6 is 0 Å². The van der Waals surface area contributed by atoms with Crippen LogP contribution in [-0.2, 0) is 4.79 Å². The van der Waals surface area contributed by atoms with Gasteiger partial charge in [-0.1, -0.05) is 20.8 Å². The maximum absolute atomic E-state index is 11.2. The van der Waals surface area contributed by atoms with Crippen molar-refractivity contribution >= 4 is 5.78 Å². The van der Waals surface area contributed by atoms with Gasteiger partial charge in [-0.15, -0.1) is 0 Å². The molecule has 1 rings (SSSR count). The molecule has 2 unspecified atom stereocenters. The van der Waals surface area contributed by atoms with Crippen LogP contribution < -0.4 is 0 Å². The van der Waals surface area contributed by atoms with Gasteiger partial charge in [-0.25, -0.2) is 0 Å². The molecule has 0 spiro atoms. The van der Waals surface area contributed by atoms with E-state index in [1.165, 1.54) is 0 Å². The molecule has 1 aliphatic rings. The fourth-order valence-electron chi connectivity index (χ4n) is 2.15. The molecule has 1 heteroatoms. The second kappa shape index (κ2) is 2.08. The van der Waals surface area contributed by atoms with E-state index in [0.29, 0.717) is 17.6 Å². The molecule has 1 fully saturated rings. The molecule has 10 heavy (non-hydrogen) atoms. The zero-order valence-corrected chi connectivity index (χ0v) is 7.27. The van der Waals surface area contributed by atoms with Gasteiger partial charge in [-0.05, 0) is 25.2 Å². The third-order valence-electron chi connectivity index (χ3n) is 3.05. The van der Waals surface area contributed by atoms with E-state index in [2.05, 4.69) is 20.8 Å². The molecule has 0 heterocycles. The van der Waals surface area contributed by atoms with E-state index < -0.39 is 0 Å². The first-order valence-corrected chi connectivity index (χ1v) is 4.03. The minimum atomic E-state index is 0.0694. The quantitative estimate of drug-likeness (QED) is 0.575. The van der Waals surface area contributed by atoms with Crippen molar-refractivity contribution in [3.05, 3.63) is 0 Å². The first-order valence-electron chi connectivity index (χ1n) is 4.03. The largest absolute Gasteiger partial charge is 0.299 e. The average molecular weight is 140 g/mol. The predicted octanol–water partition coefficient (Wildman–Crippen LogP) is 2.26. The Labute approximate surface area is 62.8 Å². The minimum absolute atomic E-state index is 0.0694. The van der Waals surface area contributed by atoms with Crippen LogP contribution in [-0.4, -0.2) is 5.78 Å². The van der Waals surface area contributed by atoms with Gasteiger partial charge >= 0.3 is 0 Å². The van der Waals surface area contributed by atoms with E-state index in [4.69, 9.17) is 0 Å². The third kappa shape index (κ3) is 0.799. The van der Waals surface area contributed by atoms with Crippen molar-refractivity contribution in [2.45, 2.75) is 34.1 Å². The summed E-state index contributed by atoms with van der Waals surface area (Å²) in [7, 11) is 0. The topological polar surface area (TPSA) is 17.1 Å². The molecule has 0 bridgehead atoms. The molecular formula is C9H16O. The van der Waals surface area contributed by atoms with E-state index in [0.717, 1.165) is 6.42 Å². The first-order chi connectivity index (χ1) is 4.51. The van der Waals surface area contributed by atoms with Gasteiger partial charge in [0.1, 0.15) is 5.78 Å². The van der Waals surface area contributed by atoms with Gasteiger partial charge in [0.25, 0.3) is 0 Å². The zero-order chi connectivity index (χ0) is 7.94. The van der Waals surface area contributed by atoms with Crippen LogP contribution in [0.4, 0.5) is 0 Å². The molecule has 0 radical (unpaired) electrons. The van der Waals surface area contributed by atoms with Crippen LogP contribution in [0.1, 0.15) is 34.1 Å². The summed E-state index contributed by atoms with van der Waals surface area (Å²) < 4.78 is 0. The lowest BCUT2D eigenvalue weighted by molar-refractivity contribution is -0.124. The number of ketones is 1. The van der Waals surface area contributed by atoms with Crippen LogP contribution in [0.15, 0.2) is 0 Å². The zero-order valence-electron chi connectivity index (χ0n) is 7.27. The van der Waals surface area contributed by atoms with Crippen LogP contribution in [0.5, 0.6) is 0 Å². The number of carbonyl (C=O) groups excluding carboxylic acids is 1. The Morgan fingerprint density at radius 1 is 1.60 bits per heavy atom. The van der Waals surface area contributed by atoms with Crippen molar-refractivity contribution in [2.24, 2.45) is 17.3 Å². The standard InChI is InChI=1S/C9H16O/c1-6(2)9(8(4)10)5-7(9)3/h6-7H,5H2,1-4H3. The van der Waals surface area contributed by atoms with Gasteiger partial charge in [0.05, 0.1) is 0 Å². The molecule has 58 valence electrons. The van der Waals surface area contributed by atoms with Crippen molar-refractivity contribution < 1.29 is 4.79 Å². The van der Waals surface area contributed by atoms with E-state index in [9.17, 15) is 4.79 Å². The van der Waals surface area contributed by atoms with E-state index in [-0.39, 0.29) is 5.41 Å². The molecule has 1 aliphatic carbocycles. The Bertz CT molecular complexity index is 160. The van der Waals surface area contributed by atoms with Gasteiger partial charge in [-0.2, -0.15) is 0 Å². The number of Topliss-reactive ketones (excluding diaryl/α,β-unsaturated/α-hetero) is 1. The summed E-state index contributed by atoms with van der Waals surface area (Å²) in [5.74, 6) is 1.54. The summed E-state index contributed by atoms with van der Waals surface area (Å²) in [4.78, 5) is 11.2. The molecule has 0 amide bonds. The Balaban J connectivity index is 2.73. The van der Waals surface area contributed by atoms with E-state index >= 15 is 0 Å². The summed E-state index contributed by atoms with van der Waals surface area (Å²) in [6.07, 6.45) is 1.11. The highest BCUT2D eigenvalue weighted by Gasteiger charge is 2.56. The second-order valence-electron chi connectivity index (χ2n) is 3.86. The summed E-state index contributed by atoms with van der Waals surface area (Å²) in [5, 5.41) is 0. The van der Waals surface area contributed by atoms with Crippen molar-refractivity contribution in [3.63, 3.8) is 0 Å². The Hall–Kier alpha value is -0.330. The molecule has 0 saturated heterocycles. The highest BCUT2D eigenvalue weighted by Crippen LogP contribution is 2.57. The molecular weight excluding hydrogens is 124 g/mol. The van der Waals surface area contributed by atoms with Gasteiger partial charge in [-0.3, -0.25) is 4.79 Å². The van der Waals surface area contributed by atoms with Crippen LogP contribution in [0.2, 0.25) is 0 Å². The molecule has 0 aromatic heterocycles. The normalized spacial score (nSPS) is 38.3. The highest BCUT2D eigenvalue weighted by atomic mass is 16.1. The highest BCUT2D eigenvalue weighted by molar-refractivity contribution is 5.85. The van der Waals surface area contributed by atoms with Gasteiger partial charge in [0.2, 0.25) is 0 Å². The molecule has 1 nitrogen and oxygen atoms in total. The lowest BCUT2D eigenvalue weighted by Crippen LogP contribution is -2.20. The monoisotopic (exact) mass is 140 g/mol. The molecule has 0 aromatic rings. The maximum Gasteiger partial charge on any atom is 0.136 e. The molecule has 0 aliphatic heterocycles. The smallest absolute Gasteiger partial charge is 0.136 e. The van der Waals surface area contributed by atoms with Gasteiger partial charge in [0, 0.05) is 5.41 Å². The van der Waals surface area contributed by atoms with Crippen molar-refractivity contribution in [1.29, 1.82) is 0 Å². The molecule has 0 aromatic carbocycles. The molecule has 0 N–H and O–H groups in total. The van der Waals surface area contributed by atoms with Crippen molar-refractivity contribution in [3.8, 4) is 0 Å². The lowest BCUT2D eigenvalue weighted by Gasteiger charge is -2.16. The summed E-state index contributed by atoms with van der Waals surface area (Å²) in [6.45, 7) is 8.18. The summed E-state index contributed by atoms with van der Waals surface area (Å²) in [6, 6.07) is 0. The summed E-state index contributed by atoms with van der Waals surface area (Å²) >= 11 is 0. The fraction of sp³-hybridized carbons (Fsp3) is 0.889. The van der Waals surface area contributed by atoms with E-state index in [1.807, 2.05) is 0 Å². The number of hydrogen-bond donors (Lipinski definition) is 0. The third-order valence-corrected chi connectivity index (χ3v) is 3.05. The molecule has 1 saturated carbocycles. The SMILES string of the molecule is CC(=O)C1(C(C)C)CC1C. The van der Waals surface area contributed by atoms with Crippen LogP contribution in [0.3, 0.4) is 0 Å². The maximum atomic E-state index is 11.2. The van der Waals surface area contributed by atoms with Gasteiger partial charge < -0.3 is 0 Å². The fourth-order valence-corrected chi connectivity index (χ4v) is 2.15. The van der Waals surface area contributed by atoms with Crippen LogP contribution in [0, 0.1) is 17.3 Å².